The highest BCUT2D eigenvalue weighted by atomic mass is 35.5. The van der Waals surface area contributed by atoms with Crippen LogP contribution in [0.25, 0.3) is 6.08 Å². The molecule has 0 bridgehead atoms. The minimum absolute atomic E-state index is 0.233. The largest absolute Gasteiger partial charge is 0.351 e. The summed E-state index contributed by atoms with van der Waals surface area (Å²) in [6.45, 7) is 1.93. The van der Waals surface area contributed by atoms with Crippen molar-refractivity contribution < 1.29 is 9.18 Å². The van der Waals surface area contributed by atoms with Crippen molar-refractivity contribution in [3.05, 3.63) is 106 Å². The van der Waals surface area contributed by atoms with Gasteiger partial charge in [0.25, 0.3) is 0 Å². The molecule has 34 heavy (non-hydrogen) atoms. The van der Waals surface area contributed by atoms with Crippen LogP contribution in [0.1, 0.15) is 33.0 Å². The number of hydrogen-bond acceptors (Lipinski definition) is 4. The lowest BCUT2D eigenvalue weighted by atomic mass is 9.69. The number of Topliss-reactive ketones (excluding diaryl/α,β-unsaturated/α-hetero) is 1. The highest BCUT2D eigenvalue weighted by molar-refractivity contribution is 6.30. The highest BCUT2D eigenvalue weighted by Crippen LogP contribution is 2.55. The molecule has 1 saturated heterocycles. The number of carbonyl (C=O) groups is 1. The fraction of sp³-hybridized carbons (Fsp3) is 0.179. The Morgan fingerprint density at radius 3 is 2.47 bits per heavy atom. The zero-order valence-corrected chi connectivity index (χ0v) is 19.0. The molecule has 0 unspecified atom stereocenters. The molecular formula is C28H19ClFN3O. The minimum atomic E-state index is -1.62. The van der Waals surface area contributed by atoms with Gasteiger partial charge in [-0.25, -0.2) is 4.39 Å². The first-order chi connectivity index (χ1) is 16.4. The molecule has 166 valence electrons. The summed E-state index contributed by atoms with van der Waals surface area (Å²) in [6, 6.07) is 21.2. The number of nitrogens with zero attached hydrogens (tertiary/aromatic N) is 3. The Balaban J connectivity index is 1.79. The molecular weight excluding hydrogens is 449 g/mol. The van der Waals surface area contributed by atoms with Crippen LogP contribution in [0, 0.1) is 40.8 Å². The Bertz CT molecular complexity index is 1400. The summed E-state index contributed by atoms with van der Waals surface area (Å²) < 4.78 is 14.3. The van der Waals surface area contributed by atoms with Gasteiger partial charge in [-0.05, 0) is 48.4 Å². The van der Waals surface area contributed by atoms with Crippen molar-refractivity contribution >= 4 is 29.1 Å². The Kier molecular flexibility index (Phi) is 5.24. The van der Waals surface area contributed by atoms with Crippen LogP contribution in [-0.2, 0) is 0 Å². The molecule has 3 aromatic carbocycles. The number of hydrogen-bond donors (Lipinski definition) is 0. The molecule has 5 rings (SSSR count). The van der Waals surface area contributed by atoms with Crippen LogP contribution in [-0.4, -0.2) is 17.9 Å². The van der Waals surface area contributed by atoms with Gasteiger partial charge in [0.15, 0.2) is 11.2 Å². The number of benzene rings is 3. The lowest BCUT2D eigenvalue weighted by molar-refractivity contribution is 0.0951. The molecule has 0 aliphatic carbocycles. The van der Waals surface area contributed by atoms with Crippen LogP contribution >= 0.6 is 11.6 Å². The molecule has 0 saturated carbocycles. The SMILES string of the molecule is Cc1ccc(C(=O)[C@@H]2[C@@H](c3cccc(F)c3)C(C#N)(C#N)[C@H]3C=Cc4cc(Cl)ccc4N23)cc1. The van der Waals surface area contributed by atoms with Gasteiger partial charge in [0, 0.05) is 22.2 Å². The number of anilines is 1. The van der Waals surface area contributed by atoms with E-state index in [1.165, 1.54) is 12.1 Å². The van der Waals surface area contributed by atoms with E-state index in [-0.39, 0.29) is 5.78 Å². The molecule has 2 heterocycles. The normalized spacial score (nSPS) is 21.8. The number of nitriles is 2. The zero-order valence-electron chi connectivity index (χ0n) is 18.2. The van der Waals surface area contributed by atoms with Crippen molar-refractivity contribution in [3.63, 3.8) is 0 Å². The summed E-state index contributed by atoms with van der Waals surface area (Å²) >= 11 is 6.22. The standard InChI is InChI=1S/C28H19ClFN3O/c1-17-5-7-18(8-6-17)27(34)26-25(20-3-2-4-22(30)14-20)28(15-31,16-32)24-12-9-19-13-21(29)10-11-23(19)33(24)26/h2-14,24-26H,1H3/t24-,25-,26+/m1/s1. The zero-order chi connectivity index (χ0) is 24.0. The maximum atomic E-state index is 14.3. The van der Waals surface area contributed by atoms with Gasteiger partial charge in [0.1, 0.15) is 11.9 Å². The fourth-order valence-corrected chi connectivity index (χ4v) is 5.41. The number of aryl methyl sites for hydroxylation is 1. The lowest BCUT2D eigenvalue weighted by Gasteiger charge is -2.35. The van der Waals surface area contributed by atoms with E-state index < -0.39 is 29.2 Å². The van der Waals surface area contributed by atoms with Gasteiger partial charge in [-0.2, -0.15) is 10.5 Å². The Labute approximate surface area is 202 Å². The molecule has 4 nitrogen and oxygen atoms in total. The quantitative estimate of drug-likeness (QED) is 0.438. The molecule has 2 aliphatic rings. The first-order valence-electron chi connectivity index (χ1n) is 10.8. The number of ketones is 1. The summed E-state index contributed by atoms with van der Waals surface area (Å²) in [6.07, 6.45) is 3.60. The van der Waals surface area contributed by atoms with Crippen molar-refractivity contribution in [2.75, 3.05) is 4.90 Å². The van der Waals surface area contributed by atoms with Crippen LogP contribution in [0.3, 0.4) is 0 Å². The molecule has 6 heteroatoms. The summed E-state index contributed by atoms with van der Waals surface area (Å²) in [7, 11) is 0. The third-order valence-electron chi connectivity index (χ3n) is 6.78. The van der Waals surface area contributed by atoms with Gasteiger partial charge in [-0.3, -0.25) is 4.79 Å². The van der Waals surface area contributed by atoms with Gasteiger partial charge < -0.3 is 4.90 Å². The second-order valence-corrected chi connectivity index (χ2v) is 9.15. The van der Waals surface area contributed by atoms with E-state index in [4.69, 9.17) is 11.6 Å². The van der Waals surface area contributed by atoms with Gasteiger partial charge in [0.05, 0.1) is 18.2 Å². The first kappa shape index (κ1) is 21.9. The van der Waals surface area contributed by atoms with Gasteiger partial charge in [-0.15, -0.1) is 0 Å². The molecule has 1 fully saturated rings. The van der Waals surface area contributed by atoms with E-state index in [2.05, 4.69) is 12.1 Å². The van der Waals surface area contributed by atoms with Crippen molar-refractivity contribution in [2.24, 2.45) is 5.41 Å². The van der Waals surface area contributed by atoms with Crippen LogP contribution < -0.4 is 4.90 Å². The maximum Gasteiger partial charge on any atom is 0.185 e. The lowest BCUT2D eigenvalue weighted by Crippen LogP contribution is -2.44. The third-order valence-corrected chi connectivity index (χ3v) is 7.02. The summed E-state index contributed by atoms with van der Waals surface area (Å²) in [5, 5.41) is 21.3. The van der Waals surface area contributed by atoms with Crippen LogP contribution in [0.5, 0.6) is 0 Å². The van der Waals surface area contributed by atoms with E-state index in [9.17, 15) is 19.7 Å². The molecule has 0 aromatic heterocycles. The summed E-state index contributed by atoms with van der Waals surface area (Å²) in [5.41, 5.74) is 1.78. The highest BCUT2D eigenvalue weighted by Gasteiger charge is 2.63. The predicted octanol–water partition coefficient (Wildman–Crippen LogP) is 6.07. The van der Waals surface area contributed by atoms with Crippen LogP contribution in [0.2, 0.25) is 5.02 Å². The molecule has 0 radical (unpaired) electrons. The average Bonchev–Trinajstić information content (AvgIpc) is 3.14. The smallest absolute Gasteiger partial charge is 0.185 e. The number of carbonyl (C=O) groups excluding carboxylic acids is 1. The number of rotatable bonds is 3. The molecule has 3 aromatic rings. The number of halogens is 2. The van der Waals surface area contributed by atoms with Crippen LogP contribution in [0.15, 0.2) is 72.8 Å². The van der Waals surface area contributed by atoms with E-state index >= 15 is 0 Å². The average molecular weight is 468 g/mol. The Morgan fingerprint density at radius 1 is 1.06 bits per heavy atom. The van der Waals surface area contributed by atoms with E-state index in [1.54, 1.807) is 48.5 Å². The van der Waals surface area contributed by atoms with Gasteiger partial charge in [0.2, 0.25) is 0 Å². The van der Waals surface area contributed by atoms with Crippen molar-refractivity contribution in [3.8, 4) is 12.1 Å². The first-order valence-corrected chi connectivity index (χ1v) is 11.2. The van der Waals surface area contributed by atoms with E-state index in [0.717, 1.165) is 11.1 Å². The molecule has 0 amide bonds. The van der Waals surface area contributed by atoms with Gasteiger partial charge >= 0.3 is 0 Å². The predicted molar refractivity (Wildman–Crippen MR) is 129 cm³/mol. The third kappa shape index (κ3) is 3.21. The van der Waals surface area contributed by atoms with Crippen molar-refractivity contribution in [1.82, 2.24) is 0 Å². The minimum Gasteiger partial charge on any atom is -0.351 e. The Morgan fingerprint density at radius 2 is 1.79 bits per heavy atom. The summed E-state index contributed by atoms with van der Waals surface area (Å²) in [4.78, 5) is 15.9. The van der Waals surface area contributed by atoms with Crippen LogP contribution in [0.4, 0.5) is 10.1 Å². The monoisotopic (exact) mass is 467 g/mol. The maximum absolute atomic E-state index is 14.3. The van der Waals surface area contributed by atoms with E-state index in [1.807, 2.05) is 30.0 Å². The molecule has 0 N–H and O–H groups in total. The van der Waals surface area contributed by atoms with E-state index in [0.29, 0.717) is 21.8 Å². The van der Waals surface area contributed by atoms with Crippen molar-refractivity contribution in [2.45, 2.75) is 24.9 Å². The molecule has 2 aliphatic heterocycles. The Hall–Kier alpha value is -3.93. The van der Waals surface area contributed by atoms with Gasteiger partial charge in [-0.1, -0.05) is 65.7 Å². The second kappa shape index (κ2) is 8.13. The number of fused-ring (bicyclic) bond motifs is 3. The molecule has 3 atom stereocenters. The second-order valence-electron chi connectivity index (χ2n) is 8.71. The molecule has 0 spiro atoms. The van der Waals surface area contributed by atoms with Crippen molar-refractivity contribution in [1.29, 1.82) is 10.5 Å². The topological polar surface area (TPSA) is 67.9 Å². The summed E-state index contributed by atoms with van der Waals surface area (Å²) in [5.74, 6) is -1.61. The fourth-order valence-electron chi connectivity index (χ4n) is 5.23.